The summed E-state index contributed by atoms with van der Waals surface area (Å²) in [4.78, 5) is 25.6. The van der Waals surface area contributed by atoms with Crippen LogP contribution in [-0.4, -0.2) is 58.0 Å². The zero-order chi connectivity index (χ0) is 32.7. The number of aromatic nitrogens is 4. The first-order chi connectivity index (χ1) is 22.2. The molecule has 0 bridgehead atoms. The van der Waals surface area contributed by atoms with Crippen LogP contribution in [0.3, 0.4) is 0 Å². The van der Waals surface area contributed by atoms with Crippen LogP contribution in [0.2, 0.25) is 18.1 Å². The molecule has 1 aliphatic heterocycles. The molecule has 11 nitrogen and oxygen atoms in total. The summed E-state index contributed by atoms with van der Waals surface area (Å²) in [5.74, 6) is 3.16. The Balaban J connectivity index is 1.65. The van der Waals surface area contributed by atoms with E-state index in [1.54, 1.807) is 4.57 Å². The summed E-state index contributed by atoms with van der Waals surface area (Å²) < 4.78 is 27.7. The molecule has 1 saturated heterocycles. The van der Waals surface area contributed by atoms with Gasteiger partial charge in [-0.1, -0.05) is 87.4 Å². The van der Waals surface area contributed by atoms with Crippen LogP contribution in [0.15, 0.2) is 67.0 Å². The summed E-state index contributed by atoms with van der Waals surface area (Å²) in [6.45, 7) is 8.55. The molecule has 3 heterocycles. The molecule has 2 aromatic carbocycles. The molecule has 5 rings (SSSR count). The van der Waals surface area contributed by atoms with Gasteiger partial charge in [-0.25, -0.2) is 4.98 Å². The monoisotopic (exact) mass is 642 g/mol. The molecule has 0 amide bonds. The fourth-order valence-electron chi connectivity index (χ4n) is 5.82. The van der Waals surface area contributed by atoms with Gasteiger partial charge in [0.15, 0.2) is 29.4 Å². The first kappa shape index (κ1) is 33.1. The SMILES string of the molecule is CC[Si](C#C[C@]1(COCc2ccccc2)OC(n2cnc3c(N)nc(N)nc32)[C@H](OC(C)=O)[C@@H]1OCc1ccccc1)(CC)CC. The van der Waals surface area contributed by atoms with E-state index in [-0.39, 0.29) is 25.0 Å². The van der Waals surface area contributed by atoms with Gasteiger partial charge in [-0.3, -0.25) is 9.36 Å². The van der Waals surface area contributed by atoms with Crippen LogP contribution >= 0.6 is 0 Å². The third-order valence-electron chi connectivity index (χ3n) is 8.68. The highest BCUT2D eigenvalue weighted by Crippen LogP contribution is 2.43. The zero-order valence-corrected chi connectivity index (χ0v) is 27.8. The van der Waals surface area contributed by atoms with E-state index in [2.05, 4.69) is 47.2 Å². The number of esters is 1. The first-order valence-electron chi connectivity index (χ1n) is 15.6. The second-order valence-electron chi connectivity index (χ2n) is 11.5. The number of carbonyl (C=O) groups excluding carboxylic acids is 1. The lowest BCUT2D eigenvalue weighted by molar-refractivity contribution is -0.158. The lowest BCUT2D eigenvalue weighted by Gasteiger charge is -2.31. The van der Waals surface area contributed by atoms with Crippen LogP contribution in [0.4, 0.5) is 11.8 Å². The average molecular weight is 643 g/mol. The van der Waals surface area contributed by atoms with Gasteiger partial charge in [-0.2, -0.15) is 9.97 Å². The molecule has 12 heteroatoms. The summed E-state index contributed by atoms with van der Waals surface area (Å²) in [5.41, 5.74) is 17.1. The van der Waals surface area contributed by atoms with Gasteiger partial charge in [0.1, 0.15) is 19.7 Å². The number of nitrogen functional groups attached to an aromatic ring is 2. The van der Waals surface area contributed by atoms with Crippen molar-refractivity contribution in [2.75, 3.05) is 18.1 Å². The third kappa shape index (κ3) is 7.08. The lowest BCUT2D eigenvalue weighted by Crippen LogP contribution is -2.49. The van der Waals surface area contributed by atoms with Crippen molar-refractivity contribution in [3.05, 3.63) is 78.1 Å². The fraction of sp³-hybridized carbons (Fsp3) is 0.412. The number of hydrogen-bond donors (Lipinski definition) is 2. The number of benzene rings is 2. The van der Waals surface area contributed by atoms with E-state index < -0.39 is 38.1 Å². The number of fused-ring (bicyclic) bond motifs is 1. The largest absolute Gasteiger partial charge is 0.455 e. The Hall–Kier alpha value is -4.28. The maximum Gasteiger partial charge on any atom is 0.303 e. The van der Waals surface area contributed by atoms with Crippen LogP contribution in [-0.2, 0) is 37.0 Å². The Bertz CT molecular complexity index is 1680. The number of rotatable bonds is 12. The van der Waals surface area contributed by atoms with E-state index in [0.717, 1.165) is 29.3 Å². The highest BCUT2D eigenvalue weighted by atomic mass is 28.3. The average Bonchev–Trinajstić information content (AvgIpc) is 3.61. The van der Waals surface area contributed by atoms with Gasteiger partial charge in [0.05, 0.1) is 26.1 Å². The van der Waals surface area contributed by atoms with E-state index in [0.29, 0.717) is 17.8 Å². The summed E-state index contributed by atoms with van der Waals surface area (Å²) in [6.07, 6.45) is -1.22. The van der Waals surface area contributed by atoms with E-state index in [4.69, 9.17) is 30.4 Å². The van der Waals surface area contributed by atoms with Gasteiger partial charge < -0.3 is 30.4 Å². The minimum Gasteiger partial charge on any atom is -0.455 e. The number of ether oxygens (including phenoxy) is 4. The molecule has 46 heavy (non-hydrogen) atoms. The molecule has 0 spiro atoms. The molecule has 0 aliphatic carbocycles. The van der Waals surface area contributed by atoms with E-state index in [1.807, 2.05) is 60.7 Å². The van der Waals surface area contributed by atoms with E-state index in [9.17, 15) is 4.79 Å². The van der Waals surface area contributed by atoms with E-state index in [1.165, 1.54) is 13.3 Å². The smallest absolute Gasteiger partial charge is 0.303 e. The van der Waals surface area contributed by atoms with Crippen LogP contribution < -0.4 is 11.5 Å². The summed E-state index contributed by atoms with van der Waals surface area (Å²) in [7, 11) is -1.99. The number of nitrogens with two attached hydrogens (primary N) is 2. The van der Waals surface area contributed by atoms with Gasteiger partial charge >= 0.3 is 5.97 Å². The number of imidazole rings is 1. The zero-order valence-electron chi connectivity index (χ0n) is 26.8. The standard InChI is InChI=1S/C34H42N6O5Si/c1-5-46(6-2,7-3)19-18-34(22-42-20-25-14-10-8-11-15-25)29(43-21-26-16-12-9-13-17-26)28(44-24(4)41)32(45-34)40-23-37-27-30(35)38-33(36)39-31(27)40/h8-17,23,28-29,32H,5-7,20-22H2,1-4H3,(H4,35,36,38,39)/t28-,29+,32?,34-/m1/s1. The Labute approximate surface area is 270 Å². The number of anilines is 2. The molecule has 1 fully saturated rings. The van der Waals surface area contributed by atoms with Gasteiger partial charge in [0.2, 0.25) is 5.95 Å². The maximum atomic E-state index is 12.7. The van der Waals surface area contributed by atoms with Crippen LogP contribution in [0.1, 0.15) is 45.0 Å². The molecule has 0 saturated carbocycles. The molecular weight excluding hydrogens is 600 g/mol. The number of nitrogens with zero attached hydrogens (tertiary/aromatic N) is 4. The Morgan fingerprint density at radius 1 is 0.978 bits per heavy atom. The highest BCUT2D eigenvalue weighted by molar-refractivity contribution is 6.87. The third-order valence-corrected chi connectivity index (χ3v) is 13.4. The quantitative estimate of drug-likeness (QED) is 0.122. The van der Waals surface area contributed by atoms with Gasteiger partial charge in [-0.15, -0.1) is 5.54 Å². The molecule has 1 unspecified atom stereocenters. The van der Waals surface area contributed by atoms with Crippen molar-refractivity contribution in [1.29, 1.82) is 0 Å². The van der Waals surface area contributed by atoms with Crippen molar-refractivity contribution in [3.63, 3.8) is 0 Å². The number of hydrogen-bond acceptors (Lipinski definition) is 10. The highest BCUT2D eigenvalue weighted by Gasteiger charge is 2.59. The molecule has 1 aliphatic rings. The summed E-state index contributed by atoms with van der Waals surface area (Å²) in [6, 6.07) is 22.6. The van der Waals surface area contributed by atoms with Crippen LogP contribution in [0.5, 0.6) is 0 Å². The van der Waals surface area contributed by atoms with Gasteiger partial charge in [0, 0.05) is 6.92 Å². The maximum absolute atomic E-state index is 12.7. The molecule has 2 aromatic heterocycles. The Morgan fingerprint density at radius 3 is 2.22 bits per heavy atom. The molecule has 4 atom stereocenters. The van der Waals surface area contributed by atoms with Crippen LogP contribution in [0.25, 0.3) is 11.2 Å². The van der Waals surface area contributed by atoms with Crippen molar-refractivity contribution in [1.82, 2.24) is 19.5 Å². The van der Waals surface area contributed by atoms with Crippen LogP contribution in [0, 0.1) is 11.5 Å². The second kappa shape index (κ2) is 14.4. The minimum atomic E-state index is -1.99. The molecule has 242 valence electrons. The predicted octanol–water partition coefficient (Wildman–Crippen LogP) is 5.04. The van der Waals surface area contributed by atoms with E-state index >= 15 is 0 Å². The van der Waals surface area contributed by atoms with Gasteiger partial charge in [-0.05, 0) is 29.3 Å². The molecule has 0 radical (unpaired) electrons. The topological polar surface area (TPSA) is 150 Å². The van der Waals surface area contributed by atoms with Crippen molar-refractivity contribution >= 4 is 37.0 Å². The number of carbonyl (C=O) groups is 1. The second-order valence-corrected chi connectivity index (χ2v) is 16.5. The van der Waals surface area contributed by atoms with Crippen molar-refractivity contribution < 1.29 is 23.7 Å². The van der Waals surface area contributed by atoms with Crippen molar-refractivity contribution in [3.8, 4) is 11.5 Å². The van der Waals surface area contributed by atoms with Crippen molar-refractivity contribution in [2.24, 2.45) is 0 Å². The molecular formula is C34H42N6O5Si. The fourth-order valence-corrected chi connectivity index (χ4v) is 8.33. The summed E-state index contributed by atoms with van der Waals surface area (Å²) >= 11 is 0. The van der Waals surface area contributed by atoms with Gasteiger partial charge in [0.25, 0.3) is 0 Å². The van der Waals surface area contributed by atoms with Crippen molar-refractivity contribution in [2.45, 2.75) is 83.1 Å². The predicted molar refractivity (Wildman–Crippen MR) is 179 cm³/mol. The summed E-state index contributed by atoms with van der Waals surface area (Å²) in [5, 5.41) is 0. The molecule has 4 N–H and O–H groups in total. The normalized spacial score (nSPS) is 21.2. The Morgan fingerprint density at radius 2 is 1.61 bits per heavy atom. The molecule has 4 aromatic rings. The first-order valence-corrected chi connectivity index (χ1v) is 18.3. The lowest BCUT2D eigenvalue weighted by atomic mass is 9.96. The Kier molecular flexibility index (Phi) is 10.4. The minimum absolute atomic E-state index is 0.0208.